The van der Waals surface area contributed by atoms with E-state index < -0.39 is 14.3 Å². The van der Waals surface area contributed by atoms with Gasteiger partial charge in [-0.05, 0) is 39.2 Å². The van der Waals surface area contributed by atoms with Crippen LogP contribution in [-0.4, -0.2) is 39.4 Å². The minimum atomic E-state index is -1.80. The molecule has 0 aromatic carbocycles. The number of thiol groups is 1. The van der Waals surface area contributed by atoms with E-state index >= 15 is 0 Å². The molecule has 0 radical (unpaired) electrons. The van der Waals surface area contributed by atoms with Gasteiger partial charge in [0.25, 0.3) is 0 Å². The molecule has 3 nitrogen and oxygen atoms in total. The number of carbonyl (C=O) groups is 1. The van der Waals surface area contributed by atoms with E-state index in [0.717, 1.165) is 25.0 Å². The summed E-state index contributed by atoms with van der Waals surface area (Å²) in [6, 6.07) is 0. The molecule has 0 bridgehead atoms. The van der Waals surface area contributed by atoms with E-state index in [-0.39, 0.29) is 5.97 Å². The van der Waals surface area contributed by atoms with Gasteiger partial charge in [-0.15, -0.1) is 9.93 Å². The summed E-state index contributed by atoms with van der Waals surface area (Å²) in [5, 5.41) is 0. The third-order valence-corrected chi connectivity index (χ3v) is 5.28. The summed E-state index contributed by atoms with van der Waals surface area (Å²) in [5.41, 5.74) is 0. The van der Waals surface area contributed by atoms with Gasteiger partial charge >= 0.3 is 5.97 Å². The fraction of sp³-hybridized carbons (Fsp3) is 0.941. The summed E-state index contributed by atoms with van der Waals surface area (Å²) in [7, 11) is -1.80. The van der Waals surface area contributed by atoms with Crippen molar-refractivity contribution in [3.05, 3.63) is 0 Å². The van der Waals surface area contributed by atoms with Gasteiger partial charge in [-0.1, -0.05) is 60.9 Å². The summed E-state index contributed by atoms with van der Waals surface area (Å²) in [6.07, 6.45) is 14.5. The number of ether oxygens (including phenoxy) is 1. The lowest BCUT2D eigenvalue weighted by Crippen LogP contribution is -2.26. The zero-order valence-electron chi connectivity index (χ0n) is 14.8. The molecule has 0 fully saturated rings. The van der Waals surface area contributed by atoms with Crippen LogP contribution in [-0.2, 0) is 19.5 Å². The van der Waals surface area contributed by atoms with Crippen LogP contribution in [0.25, 0.3) is 0 Å². The van der Waals surface area contributed by atoms with Crippen LogP contribution < -0.4 is 0 Å². The summed E-state index contributed by atoms with van der Waals surface area (Å²) in [5.74, 6) is 0.716. The Morgan fingerprint density at radius 2 is 1.32 bits per heavy atom. The van der Waals surface area contributed by atoms with E-state index in [1.165, 1.54) is 38.5 Å². The summed E-state index contributed by atoms with van der Waals surface area (Å²) < 4.78 is 16.2. The van der Waals surface area contributed by atoms with Crippen LogP contribution in [0.5, 0.6) is 0 Å². The Labute approximate surface area is 146 Å². The first-order valence-electron chi connectivity index (χ1n) is 8.53. The van der Waals surface area contributed by atoms with E-state index in [4.69, 9.17) is 4.74 Å². The number of esters is 1. The Morgan fingerprint density at radius 1 is 0.909 bits per heavy atom. The molecule has 0 N–H and O–H groups in total. The second-order valence-electron chi connectivity index (χ2n) is 7.09. The van der Waals surface area contributed by atoms with E-state index in [1.54, 1.807) is 13.8 Å². The molecule has 0 amide bonds. The van der Waals surface area contributed by atoms with Crippen molar-refractivity contribution in [2.45, 2.75) is 76.0 Å². The highest BCUT2D eigenvalue weighted by molar-refractivity contribution is 9.10. The molecule has 0 heterocycles. The van der Waals surface area contributed by atoms with Crippen LogP contribution in [0.4, 0.5) is 0 Å². The van der Waals surface area contributed by atoms with Gasteiger partial charge in [0, 0.05) is 5.75 Å². The maximum Gasteiger partial charge on any atom is 0.322 e. The first-order valence-corrected chi connectivity index (χ1v) is 12.1. The van der Waals surface area contributed by atoms with Crippen LogP contribution in [0.1, 0.15) is 71.6 Å². The van der Waals surface area contributed by atoms with Crippen molar-refractivity contribution in [2.24, 2.45) is 0 Å². The van der Waals surface area contributed by atoms with Crippen LogP contribution in [0, 0.1) is 0 Å². The number of alkyl halides is 1. The highest BCUT2D eigenvalue weighted by Gasteiger charge is 2.24. The highest BCUT2D eigenvalue weighted by atomic mass is 79.9. The molecule has 134 valence electrons. The van der Waals surface area contributed by atoms with Crippen LogP contribution >= 0.6 is 15.9 Å². The van der Waals surface area contributed by atoms with Crippen molar-refractivity contribution in [2.75, 3.05) is 24.9 Å². The van der Waals surface area contributed by atoms with Crippen LogP contribution in [0.3, 0.4) is 0 Å². The largest absolute Gasteiger partial charge is 0.465 e. The smallest absolute Gasteiger partial charge is 0.322 e. The topological polar surface area (TPSA) is 43.4 Å². The summed E-state index contributed by atoms with van der Waals surface area (Å²) in [6.45, 7) is 4.13. The lowest BCUT2D eigenvalue weighted by Gasteiger charge is -2.14. The molecule has 0 aliphatic heterocycles. The van der Waals surface area contributed by atoms with E-state index in [1.807, 2.05) is 12.5 Å². The molecule has 5 heteroatoms. The Kier molecular flexibility index (Phi) is 11.7. The second-order valence-corrected chi connectivity index (χ2v) is 12.7. The highest BCUT2D eigenvalue weighted by Crippen LogP contribution is 2.18. The van der Waals surface area contributed by atoms with Gasteiger partial charge in [-0.2, -0.15) is 0 Å². The Bertz CT molecular complexity index is 344. The molecular formula is C17H35BrO3S. The molecule has 0 unspecified atom stereocenters. The first kappa shape index (κ1) is 22.1. The van der Waals surface area contributed by atoms with E-state index in [9.17, 15) is 9.00 Å². The summed E-state index contributed by atoms with van der Waals surface area (Å²) in [4.78, 5) is 11.5. The van der Waals surface area contributed by atoms with Gasteiger partial charge in [0.2, 0.25) is 0 Å². The lowest BCUT2D eigenvalue weighted by molar-refractivity contribution is -0.145. The van der Waals surface area contributed by atoms with Crippen LogP contribution in [0.15, 0.2) is 0 Å². The van der Waals surface area contributed by atoms with Crippen molar-refractivity contribution in [1.82, 2.24) is 0 Å². The third kappa shape index (κ3) is 15.0. The summed E-state index contributed by atoms with van der Waals surface area (Å²) >= 11 is 3.29. The number of carbonyl (C=O) groups excluding carboxylic acids is 1. The van der Waals surface area contributed by atoms with Crippen LogP contribution in [0.2, 0.25) is 0 Å². The molecule has 0 aliphatic rings. The Balaban J connectivity index is 3.25. The quantitative estimate of drug-likeness (QED) is 0.215. The van der Waals surface area contributed by atoms with Crippen molar-refractivity contribution in [1.29, 1.82) is 0 Å². The number of hydrogen-bond acceptors (Lipinski definition) is 3. The fourth-order valence-electron chi connectivity index (χ4n) is 2.17. The molecule has 0 rings (SSSR count). The average Bonchev–Trinajstić information content (AvgIpc) is 2.37. The first-order chi connectivity index (χ1) is 10.1. The third-order valence-electron chi connectivity index (χ3n) is 3.56. The molecule has 0 saturated carbocycles. The maximum absolute atomic E-state index is 11.5. The van der Waals surface area contributed by atoms with Gasteiger partial charge in [-0.3, -0.25) is 9.00 Å². The van der Waals surface area contributed by atoms with Crippen molar-refractivity contribution in [3.8, 4) is 0 Å². The molecule has 0 aliphatic carbocycles. The molecule has 0 atom stereocenters. The molecule has 0 spiro atoms. The second kappa shape index (κ2) is 11.6. The molecular weight excluding hydrogens is 364 g/mol. The SMILES string of the molecule is CC(C)(Br)C(=O)OCCCCCCCCCCC[SH](C)(C)=O. The molecule has 0 aromatic heterocycles. The van der Waals surface area contributed by atoms with E-state index in [0.29, 0.717) is 6.61 Å². The number of unbranched alkanes of at least 4 members (excludes halogenated alkanes) is 8. The van der Waals surface area contributed by atoms with Gasteiger partial charge < -0.3 is 4.74 Å². The zero-order chi connectivity index (χ0) is 17.1. The molecule has 0 saturated heterocycles. The lowest BCUT2D eigenvalue weighted by atomic mass is 10.1. The van der Waals surface area contributed by atoms with Crippen molar-refractivity contribution < 1.29 is 13.7 Å². The minimum Gasteiger partial charge on any atom is -0.465 e. The normalized spacial score (nSPS) is 13.1. The average molecular weight is 399 g/mol. The maximum atomic E-state index is 11.5. The minimum absolute atomic E-state index is 0.184. The molecule has 22 heavy (non-hydrogen) atoms. The zero-order valence-corrected chi connectivity index (χ0v) is 17.3. The standard InChI is InChI=1S/C17H35BrO3S/c1-17(2,18)16(19)21-14-12-10-8-6-5-7-9-11-13-15-22(3,4)20/h22H,5-15H2,1-4H3. The predicted molar refractivity (Wildman–Crippen MR) is 102 cm³/mol. The van der Waals surface area contributed by atoms with Gasteiger partial charge in [0.15, 0.2) is 0 Å². The Hall–Kier alpha value is 0.1000. The molecule has 0 aromatic rings. The monoisotopic (exact) mass is 398 g/mol. The Morgan fingerprint density at radius 3 is 1.73 bits per heavy atom. The van der Waals surface area contributed by atoms with Crippen molar-refractivity contribution in [3.63, 3.8) is 0 Å². The predicted octanol–water partition coefficient (Wildman–Crippen LogP) is 4.49. The number of hydrogen-bond donors (Lipinski definition) is 1. The fourth-order valence-corrected chi connectivity index (χ4v) is 3.27. The van der Waals surface area contributed by atoms with Crippen molar-refractivity contribution >= 4 is 31.8 Å². The number of halogens is 1. The van der Waals surface area contributed by atoms with Gasteiger partial charge in [0.05, 0.1) is 6.61 Å². The van der Waals surface area contributed by atoms with Gasteiger partial charge in [0.1, 0.15) is 4.32 Å². The van der Waals surface area contributed by atoms with E-state index in [2.05, 4.69) is 15.9 Å². The van der Waals surface area contributed by atoms with Gasteiger partial charge in [-0.25, -0.2) is 0 Å². The number of rotatable bonds is 13.